The lowest BCUT2D eigenvalue weighted by molar-refractivity contribution is -0.169. The maximum atomic E-state index is 13.9. The second-order valence-electron chi connectivity index (χ2n) is 12.0. The predicted molar refractivity (Wildman–Crippen MR) is 130 cm³/mol. The van der Waals surface area contributed by atoms with Crippen LogP contribution in [0.5, 0.6) is 0 Å². The van der Waals surface area contributed by atoms with E-state index >= 15 is 0 Å². The number of Topliss-reactive ketones (excluding diaryl/α,β-unsaturated/α-hetero) is 1. The maximum Gasteiger partial charge on any atom is 0.347 e. The quantitative estimate of drug-likeness (QED) is 0.419. The van der Waals surface area contributed by atoms with E-state index in [0.717, 1.165) is 44.9 Å². The average molecular weight is 493 g/mol. The summed E-state index contributed by atoms with van der Waals surface area (Å²) in [7, 11) is 1.31. The number of esters is 2. The molecule has 34 heavy (non-hydrogen) atoms. The minimum absolute atomic E-state index is 0.00723. The molecule has 9 atom stereocenters. The van der Waals surface area contributed by atoms with Gasteiger partial charge in [0.15, 0.2) is 0 Å². The van der Waals surface area contributed by atoms with Crippen molar-refractivity contribution in [3.63, 3.8) is 0 Å². The van der Waals surface area contributed by atoms with Crippen LogP contribution >= 0.6 is 0 Å². The zero-order valence-electron chi connectivity index (χ0n) is 21.3. The minimum Gasteiger partial charge on any atom is -0.465 e. The fourth-order valence-electron chi connectivity index (χ4n) is 9.05. The molecule has 4 aliphatic carbocycles. The van der Waals surface area contributed by atoms with Gasteiger partial charge in [-0.05, 0) is 91.8 Å². The van der Waals surface area contributed by atoms with Crippen LogP contribution in [0.15, 0.2) is 0 Å². The lowest BCUT2D eigenvalue weighted by atomic mass is 9.44. The highest BCUT2D eigenvalue weighted by molar-refractivity contribution is 7.68. The van der Waals surface area contributed by atoms with Crippen LogP contribution in [0, 0.1) is 46.3 Å². The van der Waals surface area contributed by atoms with Gasteiger partial charge in [-0.15, -0.1) is 0 Å². The SMILES string of the molecule is COC(=O)C(C[C@@H](C)[C@H]1CC[C@H]2[C@@H]3CC[C@@H]4C[C@H](OC(C)=O)CC[C@]4(C)[C@H]3C(=O)C[C@]12C)=S=O. The Morgan fingerprint density at radius 3 is 2.50 bits per heavy atom. The summed E-state index contributed by atoms with van der Waals surface area (Å²) < 4.78 is 21.9. The van der Waals surface area contributed by atoms with Crippen LogP contribution < -0.4 is 0 Å². The van der Waals surface area contributed by atoms with Gasteiger partial charge in [-0.25, -0.2) is 9.00 Å². The highest BCUT2D eigenvalue weighted by Crippen LogP contribution is 2.67. The van der Waals surface area contributed by atoms with Crippen molar-refractivity contribution < 1.29 is 28.1 Å². The number of hydrogen-bond donors (Lipinski definition) is 0. The van der Waals surface area contributed by atoms with E-state index in [2.05, 4.69) is 20.8 Å². The van der Waals surface area contributed by atoms with E-state index in [0.29, 0.717) is 42.3 Å². The Morgan fingerprint density at radius 1 is 1.12 bits per heavy atom. The first kappa shape index (κ1) is 25.6. The predicted octanol–water partition coefficient (Wildman–Crippen LogP) is 4.34. The molecule has 0 unspecified atom stereocenters. The summed E-state index contributed by atoms with van der Waals surface area (Å²) in [5.41, 5.74) is -0.0860. The van der Waals surface area contributed by atoms with Gasteiger partial charge in [-0.3, -0.25) is 9.59 Å². The molecule has 0 radical (unpaired) electrons. The van der Waals surface area contributed by atoms with Crippen molar-refractivity contribution in [2.75, 3.05) is 7.11 Å². The van der Waals surface area contributed by atoms with E-state index < -0.39 is 5.97 Å². The highest BCUT2D eigenvalue weighted by atomic mass is 32.1. The van der Waals surface area contributed by atoms with Crippen LogP contribution in [0.25, 0.3) is 0 Å². The third kappa shape index (κ3) is 4.20. The first-order valence-corrected chi connectivity index (χ1v) is 13.7. The second kappa shape index (κ2) is 9.51. The number of ether oxygens (including phenoxy) is 2. The van der Waals surface area contributed by atoms with Crippen molar-refractivity contribution in [3.8, 4) is 0 Å². The van der Waals surface area contributed by atoms with Gasteiger partial charge in [0, 0.05) is 19.3 Å². The third-order valence-electron chi connectivity index (χ3n) is 10.4. The Morgan fingerprint density at radius 2 is 1.85 bits per heavy atom. The van der Waals surface area contributed by atoms with Crippen LogP contribution in [0.1, 0.15) is 85.5 Å². The largest absolute Gasteiger partial charge is 0.465 e. The molecule has 0 aromatic carbocycles. The Bertz CT molecular complexity index is 909. The van der Waals surface area contributed by atoms with E-state index in [1.807, 2.05) is 0 Å². The highest BCUT2D eigenvalue weighted by Gasteiger charge is 2.63. The molecule has 4 fully saturated rings. The summed E-state index contributed by atoms with van der Waals surface area (Å²) in [6.45, 7) is 8.24. The molecule has 0 N–H and O–H groups in total. The minimum atomic E-state index is -0.526. The smallest absolute Gasteiger partial charge is 0.347 e. The van der Waals surface area contributed by atoms with Crippen LogP contribution in [-0.2, 0) is 35.1 Å². The van der Waals surface area contributed by atoms with Crippen LogP contribution in [0.3, 0.4) is 0 Å². The molecule has 0 spiro atoms. The van der Waals surface area contributed by atoms with Crippen molar-refractivity contribution in [3.05, 3.63) is 0 Å². The molecule has 0 bridgehead atoms. The molecule has 0 aromatic heterocycles. The van der Waals surface area contributed by atoms with Gasteiger partial charge in [-0.2, -0.15) is 0 Å². The molecular formula is C27H40O6S. The van der Waals surface area contributed by atoms with Gasteiger partial charge >= 0.3 is 11.9 Å². The summed E-state index contributed by atoms with van der Waals surface area (Å²) in [6.07, 6.45) is 8.03. The monoisotopic (exact) mass is 492 g/mol. The standard InChI is InChI=1S/C27H40O6S/c1-15(12-23(34-31)25(30)32-5)20-8-9-21-19-7-6-17-13-18(33-16(2)28)10-11-26(17,3)24(19)22(29)14-27(20,21)4/h15,17-21,24H,6-14H2,1-5H3/t15-,17-,18-,19+,20-,21+,24-,26+,27-/m1/s1. The molecule has 4 saturated carbocycles. The molecule has 0 saturated heterocycles. The zero-order valence-corrected chi connectivity index (χ0v) is 22.1. The van der Waals surface area contributed by atoms with Crippen molar-refractivity contribution in [2.24, 2.45) is 46.3 Å². The molecule has 190 valence electrons. The molecule has 0 amide bonds. The molecule has 4 aliphatic rings. The maximum absolute atomic E-state index is 13.9. The van der Waals surface area contributed by atoms with Crippen molar-refractivity contribution >= 4 is 33.8 Å². The molecule has 0 aromatic rings. The Balaban J connectivity index is 1.53. The Kier molecular flexibility index (Phi) is 7.16. The zero-order chi connectivity index (χ0) is 24.8. The summed E-state index contributed by atoms with van der Waals surface area (Å²) in [5.74, 6) is 1.61. The summed E-state index contributed by atoms with van der Waals surface area (Å²) in [6, 6.07) is 0. The average Bonchev–Trinajstić information content (AvgIpc) is 3.13. The molecule has 0 aliphatic heterocycles. The van der Waals surface area contributed by atoms with E-state index in [-0.39, 0.29) is 50.9 Å². The van der Waals surface area contributed by atoms with E-state index in [1.165, 1.54) is 14.0 Å². The summed E-state index contributed by atoms with van der Waals surface area (Å²) in [5, 5.41) is 0. The lowest BCUT2D eigenvalue weighted by Crippen LogP contribution is -2.58. The fourth-order valence-corrected chi connectivity index (χ4v) is 9.53. The van der Waals surface area contributed by atoms with Gasteiger partial charge in [0.25, 0.3) is 0 Å². The number of carbonyl (C=O) groups excluding carboxylic acids is 3. The number of ketones is 1. The van der Waals surface area contributed by atoms with E-state index in [4.69, 9.17) is 9.47 Å². The first-order valence-electron chi connectivity index (χ1n) is 13.0. The van der Waals surface area contributed by atoms with Crippen molar-refractivity contribution in [2.45, 2.75) is 91.6 Å². The van der Waals surface area contributed by atoms with Crippen LogP contribution in [0.2, 0.25) is 0 Å². The van der Waals surface area contributed by atoms with E-state index in [9.17, 15) is 18.6 Å². The molecular weight excluding hydrogens is 452 g/mol. The number of hydrogen-bond acceptors (Lipinski definition) is 6. The Labute approximate surface area is 207 Å². The molecule has 0 heterocycles. The fraction of sp³-hybridized carbons (Fsp3) is 0.852. The summed E-state index contributed by atoms with van der Waals surface area (Å²) >= 11 is 0.246. The molecule has 6 nitrogen and oxygen atoms in total. The van der Waals surface area contributed by atoms with Gasteiger partial charge in [0.05, 0.1) is 18.4 Å². The summed E-state index contributed by atoms with van der Waals surface area (Å²) in [4.78, 5) is 37.6. The van der Waals surface area contributed by atoms with E-state index in [1.54, 1.807) is 0 Å². The molecule has 4 rings (SSSR count). The van der Waals surface area contributed by atoms with Crippen LogP contribution in [-0.4, -0.2) is 40.0 Å². The lowest BCUT2D eigenvalue weighted by Gasteiger charge is -2.60. The van der Waals surface area contributed by atoms with Gasteiger partial charge in [0.1, 0.15) is 16.8 Å². The van der Waals surface area contributed by atoms with Gasteiger partial charge in [-0.1, -0.05) is 20.8 Å². The third-order valence-corrected chi connectivity index (χ3v) is 10.9. The van der Waals surface area contributed by atoms with Crippen molar-refractivity contribution in [1.82, 2.24) is 0 Å². The number of fused-ring (bicyclic) bond motifs is 5. The normalized spacial score (nSPS) is 42.0. The Hall–Kier alpha value is -1.50. The second-order valence-corrected chi connectivity index (χ2v) is 12.7. The number of methoxy groups -OCH3 is 1. The van der Waals surface area contributed by atoms with Gasteiger partial charge in [0.2, 0.25) is 0 Å². The first-order chi connectivity index (χ1) is 16.0. The van der Waals surface area contributed by atoms with Crippen molar-refractivity contribution in [1.29, 1.82) is 0 Å². The molecule has 7 heteroatoms. The number of rotatable bonds is 5. The van der Waals surface area contributed by atoms with Crippen LogP contribution in [0.4, 0.5) is 0 Å². The van der Waals surface area contributed by atoms with Gasteiger partial charge < -0.3 is 9.47 Å². The topological polar surface area (TPSA) is 86.7 Å². The number of carbonyl (C=O) groups is 3.